The van der Waals surface area contributed by atoms with Crippen molar-refractivity contribution in [1.29, 1.82) is 0 Å². The molecule has 0 atom stereocenters. The third-order valence-electron chi connectivity index (χ3n) is 3.18. The molecule has 0 saturated carbocycles. The number of halogens is 1. The molecule has 0 radical (unpaired) electrons. The van der Waals surface area contributed by atoms with Crippen molar-refractivity contribution in [3.63, 3.8) is 0 Å². The Morgan fingerprint density at radius 2 is 1.92 bits per heavy atom. The van der Waals surface area contributed by atoms with E-state index in [9.17, 15) is 14.0 Å². The normalized spacial score (nSPS) is 10.0. The first-order valence-electron chi connectivity index (χ1n) is 7.55. The second kappa shape index (κ2) is 8.62. The molecular formula is C17H19FN4O3. The highest BCUT2D eigenvalue weighted by molar-refractivity contribution is 5.83. The molecule has 0 bridgehead atoms. The number of ether oxygens (including phenoxy) is 1. The van der Waals surface area contributed by atoms with Crippen LogP contribution < -0.4 is 15.4 Å². The predicted octanol–water partition coefficient (Wildman–Crippen LogP) is 1.90. The Kier molecular flexibility index (Phi) is 6.27. The lowest BCUT2D eigenvalue weighted by atomic mass is 10.2. The summed E-state index contributed by atoms with van der Waals surface area (Å²) in [7, 11) is 3.16. The number of nitrogens with zero attached hydrogens (tertiary/aromatic N) is 2. The molecule has 0 aliphatic heterocycles. The van der Waals surface area contributed by atoms with E-state index in [1.807, 2.05) is 0 Å². The molecular weight excluding hydrogens is 327 g/mol. The average molecular weight is 346 g/mol. The van der Waals surface area contributed by atoms with Gasteiger partial charge >= 0.3 is 6.03 Å². The SMILES string of the molecule is CN(C)C(=O)NCC(=O)NCc1cccnc1Oc1ccccc1F. The largest absolute Gasteiger partial charge is 0.436 e. The van der Waals surface area contributed by atoms with Gasteiger partial charge in [0.1, 0.15) is 0 Å². The zero-order chi connectivity index (χ0) is 18.2. The van der Waals surface area contributed by atoms with Gasteiger partial charge in [-0.2, -0.15) is 0 Å². The first kappa shape index (κ1) is 18.2. The zero-order valence-electron chi connectivity index (χ0n) is 14.0. The Bertz CT molecular complexity index is 752. The highest BCUT2D eigenvalue weighted by Gasteiger charge is 2.11. The number of para-hydroxylation sites is 1. The lowest BCUT2D eigenvalue weighted by Crippen LogP contribution is -2.41. The molecule has 1 aromatic heterocycles. The minimum Gasteiger partial charge on any atom is -0.436 e. The molecule has 1 aromatic carbocycles. The molecule has 0 saturated heterocycles. The Morgan fingerprint density at radius 3 is 2.64 bits per heavy atom. The quantitative estimate of drug-likeness (QED) is 0.837. The number of nitrogens with one attached hydrogen (secondary N) is 2. The van der Waals surface area contributed by atoms with E-state index in [2.05, 4.69) is 15.6 Å². The van der Waals surface area contributed by atoms with Gasteiger partial charge in [0.25, 0.3) is 0 Å². The third-order valence-corrected chi connectivity index (χ3v) is 3.18. The zero-order valence-corrected chi connectivity index (χ0v) is 14.0. The second-order valence-corrected chi connectivity index (χ2v) is 5.33. The van der Waals surface area contributed by atoms with Gasteiger partial charge < -0.3 is 20.3 Å². The summed E-state index contributed by atoms with van der Waals surface area (Å²) in [5, 5.41) is 5.11. The van der Waals surface area contributed by atoms with E-state index in [4.69, 9.17) is 4.74 Å². The third kappa shape index (κ3) is 5.45. The molecule has 0 aliphatic carbocycles. The monoisotopic (exact) mass is 346 g/mol. The van der Waals surface area contributed by atoms with Gasteiger partial charge in [-0.1, -0.05) is 18.2 Å². The summed E-state index contributed by atoms with van der Waals surface area (Å²) in [6, 6.07) is 9.02. The molecule has 8 heteroatoms. The van der Waals surface area contributed by atoms with E-state index in [0.717, 1.165) is 0 Å². The fourth-order valence-corrected chi connectivity index (χ4v) is 1.85. The molecule has 1 heterocycles. The lowest BCUT2D eigenvalue weighted by Gasteiger charge is -2.13. The number of hydrogen-bond acceptors (Lipinski definition) is 4. The Hall–Kier alpha value is -3.16. The van der Waals surface area contributed by atoms with E-state index in [1.165, 1.54) is 23.2 Å². The van der Waals surface area contributed by atoms with Crippen LogP contribution in [0.2, 0.25) is 0 Å². The van der Waals surface area contributed by atoms with Gasteiger partial charge in [-0.3, -0.25) is 4.79 Å². The number of carbonyl (C=O) groups is 2. The van der Waals surface area contributed by atoms with Crippen molar-refractivity contribution in [2.45, 2.75) is 6.54 Å². The molecule has 25 heavy (non-hydrogen) atoms. The van der Waals surface area contributed by atoms with Crippen LogP contribution in [0.1, 0.15) is 5.56 Å². The number of rotatable bonds is 6. The van der Waals surface area contributed by atoms with Crippen molar-refractivity contribution in [2.75, 3.05) is 20.6 Å². The van der Waals surface area contributed by atoms with Crippen LogP contribution >= 0.6 is 0 Å². The number of aromatic nitrogens is 1. The summed E-state index contributed by atoms with van der Waals surface area (Å²) in [4.78, 5) is 28.6. The summed E-state index contributed by atoms with van der Waals surface area (Å²) >= 11 is 0. The maximum Gasteiger partial charge on any atom is 0.317 e. The molecule has 2 N–H and O–H groups in total. The van der Waals surface area contributed by atoms with Crippen LogP contribution in [-0.4, -0.2) is 42.5 Å². The van der Waals surface area contributed by atoms with E-state index < -0.39 is 5.82 Å². The molecule has 0 fully saturated rings. The summed E-state index contributed by atoms with van der Waals surface area (Å²) in [6.45, 7) is -0.0188. The lowest BCUT2D eigenvalue weighted by molar-refractivity contribution is -0.120. The number of pyridine rings is 1. The number of amides is 3. The summed E-state index contributed by atoms with van der Waals surface area (Å²) in [6.07, 6.45) is 1.51. The van der Waals surface area contributed by atoms with Gasteiger partial charge in [0, 0.05) is 32.4 Å². The van der Waals surface area contributed by atoms with Crippen LogP contribution in [0.4, 0.5) is 9.18 Å². The first-order chi connectivity index (χ1) is 12.0. The second-order valence-electron chi connectivity index (χ2n) is 5.33. The van der Waals surface area contributed by atoms with E-state index in [0.29, 0.717) is 5.56 Å². The highest BCUT2D eigenvalue weighted by Crippen LogP contribution is 2.25. The van der Waals surface area contributed by atoms with Crippen molar-refractivity contribution < 1.29 is 18.7 Å². The van der Waals surface area contributed by atoms with Gasteiger partial charge in [-0.15, -0.1) is 0 Å². The fourth-order valence-electron chi connectivity index (χ4n) is 1.85. The molecule has 132 valence electrons. The number of urea groups is 1. The van der Waals surface area contributed by atoms with Crippen molar-refractivity contribution >= 4 is 11.9 Å². The van der Waals surface area contributed by atoms with E-state index in [1.54, 1.807) is 38.4 Å². The molecule has 0 aliphatic rings. The highest BCUT2D eigenvalue weighted by atomic mass is 19.1. The Labute approximate surface area is 144 Å². The van der Waals surface area contributed by atoms with Crippen LogP contribution in [0.15, 0.2) is 42.6 Å². The topological polar surface area (TPSA) is 83.6 Å². The number of hydrogen-bond donors (Lipinski definition) is 2. The Morgan fingerprint density at radius 1 is 1.16 bits per heavy atom. The first-order valence-corrected chi connectivity index (χ1v) is 7.55. The average Bonchev–Trinajstić information content (AvgIpc) is 2.60. The van der Waals surface area contributed by atoms with Crippen LogP contribution in [0.25, 0.3) is 0 Å². The minimum absolute atomic E-state index is 0.0482. The predicted molar refractivity (Wildman–Crippen MR) is 89.6 cm³/mol. The maximum absolute atomic E-state index is 13.7. The van der Waals surface area contributed by atoms with Crippen molar-refractivity contribution in [1.82, 2.24) is 20.5 Å². The molecule has 0 spiro atoms. The van der Waals surface area contributed by atoms with E-state index in [-0.39, 0.29) is 36.7 Å². The molecule has 2 aromatic rings. The molecule has 0 unspecified atom stereocenters. The van der Waals surface area contributed by atoms with Gasteiger partial charge in [0.15, 0.2) is 11.6 Å². The van der Waals surface area contributed by atoms with Crippen LogP contribution in [0, 0.1) is 5.82 Å². The minimum atomic E-state index is -0.505. The van der Waals surface area contributed by atoms with Gasteiger partial charge in [0.05, 0.1) is 6.54 Å². The molecule has 2 rings (SSSR count). The van der Waals surface area contributed by atoms with Crippen molar-refractivity contribution in [3.8, 4) is 11.6 Å². The number of carbonyl (C=O) groups excluding carboxylic acids is 2. The van der Waals surface area contributed by atoms with Crippen LogP contribution in [0.5, 0.6) is 11.6 Å². The van der Waals surface area contributed by atoms with Gasteiger partial charge in [-0.05, 0) is 18.2 Å². The summed E-state index contributed by atoms with van der Waals surface area (Å²) < 4.78 is 19.2. The maximum atomic E-state index is 13.7. The van der Waals surface area contributed by atoms with Crippen LogP contribution in [-0.2, 0) is 11.3 Å². The smallest absolute Gasteiger partial charge is 0.317 e. The summed E-state index contributed by atoms with van der Waals surface area (Å²) in [5.41, 5.74) is 0.582. The van der Waals surface area contributed by atoms with E-state index >= 15 is 0 Å². The van der Waals surface area contributed by atoms with Gasteiger partial charge in [0.2, 0.25) is 11.8 Å². The summed E-state index contributed by atoms with van der Waals surface area (Å²) in [5.74, 6) is -0.623. The van der Waals surface area contributed by atoms with Crippen molar-refractivity contribution in [2.24, 2.45) is 0 Å². The fraction of sp³-hybridized carbons (Fsp3) is 0.235. The van der Waals surface area contributed by atoms with Crippen molar-refractivity contribution in [3.05, 3.63) is 54.0 Å². The molecule has 7 nitrogen and oxygen atoms in total. The standard InChI is InChI=1S/C17H19FN4O3/c1-22(2)17(24)21-11-15(23)20-10-12-6-5-9-19-16(12)25-14-8-4-3-7-13(14)18/h3-9H,10-11H2,1-2H3,(H,20,23)(H,21,24). The Balaban J connectivity index is 1.95. The number of benzene rings is 1. The van der Waals surface area contributed by atoms with Gasteiger partial charge in [-0.25, -0.2) is 14.2 Å². The molecule has 3 amide bonds. The van der Waals surface area contributed by atoms with Crippen LogP contribution in [0.3, 0.4) is 0 Å².